The summed E-state index contributed by atoms with van der Waals surface area (Å²) in [6, 6.07) is 0. The van der Waals surface area contributed by atoms with E-state index in [9.17, 15) is 0 Å². The maximum absolute atomic E-state index is 5.01. The Morgan fingerprint density at radius 2 is 2.05 bits per heavy atom. The number of aromatic nitrogens is 2. The van der Waals surface area contributed by atoms with Gasteiger partial charge >= 0.3 is 0 Å². The molecule has 1 fully saturated rings. The predicted molar refractivity (Wildman–Crippen MR) is 78.8 cm³/mol. The second-order valence-corrected chi connectivity index (χ2v) is 6.40. The summed E-state index contributed by atoms with van der Waals surface area (Å²) in [6.45, 7) is 4.91. The van der Waals surface area contributed by atoms with Crippen LogP contribution in [-0.2, 0) is 16.6 Å². The summed E-state index contributed by atoms with van der Waals surface area (Å²) in [4.78, 5) is 0. The molecule has 1 aromatic rings. The van der Waals surface area contributed by atoms with Gasteiger partial charge in [-0.3, -0.25) is 0 Å². The first-order chi connectivity index (χ1) is 9.30. The molecule has 0 radical (unpaired) electrons. The van der Waals surface area contributed by atoms with Gasteiger partial charge in [-0.05, 0) is 19.3 Å². The highest BCUT2D eigenvalue weighted by molar-refractivity contribution is 7.11. The van der Waals surface area contributed by atoms with E-state index in [1.54, 1.807) is 7.11 Å². The standard InChI is InChI=1S/C14H25N3OS/c1-3-14(7-4-5-8-14)13-17-16-12(19-13)6-9-15-10-11-18-2/h15H,3-11H2,1-2H3. The van der Waals surface area contributed by atoms with Crippen molar-refractivity contribution in [3.8, 4) is 0 Å². The number of hydrogen-bond donors (Lipinski definition) is 1. The molecule has 5 heteroatoms. The minimum Gasteiger partial charge on any atom is -0.383 e. The van der Waals surface area contributed by atoms with Crippen LogP contribution in [0.2, 0.25) is 0 Å². The van der Waals surface area contributed by atoms with E-state index < -0.39 is 0 Å². The van der Waals surface area contributed by atoms with Gasteiger partial charge in [-0.1, -0.05) is 19.8 Å². The van der Waals surface area contributed by atoms with E-state index >= 15 is 0 Å². The summed E-state index contributed by atoms with van der Waals surface area (Å²) in [5.41, 5.74) is 0.347. The molecule has 108 valence electrons. The predicted octanol–water partition coefficient (Wildman–Crippen LogP) is 2.54. The van der Waals surface area contributed by atoms with Crippen LogP contribution in [0.4, 0.5) is 0 Å². The first-order valence-electron chi connectivity index (χ1n) is 7.33. The van der Waals surface area contributed by atoms with Gasteiger partial charge in [0.25, 0.3) is 0 Å². The lowest BCUT2D eigenvalue weighted by molar-refractivity contribution is 0.199. The molecule has 0 aromatic carbocycles. The Kier molecular flexibility index (Phi) is 5.73. The molecule has 19 heavy (non-hydrogen) atoms. The fourth-order valence-electron chi connectivity index (χ4n) is 2.83. The van der Waals surface area contributed by atoms with Crippen LogP contribution in [0.1, 0.15) is 49.0 Å². The highest BCUT2D eigenvalue weighted by Gasteiger charge is 2.36. The molecule has 0 aliphatic heterocycles. The van der Waals surface area contributed by atoms with Gasteiger partial charge in [0.2, 0.25) is 0 Å². The molecule has 1 heterocycles. The summed E-state index contributed by atoms with van der Waals surface area (Å²) in [6.07, 6.45) is 7.46. The minimum absolute atomic E-state index is 0.347. The smallest absolute Gasteiger partial charge is 0.123 e. The summed E-state index contributed by atoms with van der Waals surface area (Å²) in [7, 11) is 1.73. The lowest BCUT2D eigenvalue weighted by Crippen LogP contribution is -2.21. The van der Waals surface area contributed by atoms with E-state index in [1.807, 2.05) is 11.3 Å². The molecule has 0 bridgehead atoms. The van der Waals surface area contributed by atoms with Gasteiger partial charge in [-0.25, -0.2) is 0 Å². The zero-order valence-electron chi connectivity index (χ0n) is 12.1. The summed E-state index contributed by atoms with van der Waals surface area (Å²) in [5, 5.41) is 14.6. The van der Waals surface area contributed by atoms with E-state index in [0.29, 0.717) is 5.41 Å². The van der Waals surface area contributed by atoms with Crippen LogP contribution in [0.3, 0.4) is 0 Å². The first kappa shape index (κ1) is 14.9. The fourth-order valence-corrected chi connectivity index (χ4v) is 3.99. The second kappa shape index (κ2) is 7.31. The lowest BCUT2D eigenvalue weighted by atomic mass is 9.84. The van der Waals surface area contributed by atoms with Crippen LogP contribution in [0.25, 0.3) is 0 Å². The van der Waals surface area contributed by atoms with Gasteiger partial charge < -0.3 is 10.1 Å². The highest BCUT2D eigenvalue weighted by Crippen LogP contribution is 2.44. The van der Waals surface area contributed by atoms with Crippen LogP contribution >= 0.6 is 11.3 Å². The average molecular weight is 283 g/mol. The fraction of sp³-hybridized carbons (Fsp3) is 0.857. The van der Waals surface area contributed by atoms with Crippen molar-refractivity contribution in [2.24, 2.45) is 0 Å². The van der Waals surface area contributed by atoms with E-state index in [4.69, 9.17) is 4.74 Å². The molecule has 1 aliphatic carbocycles. The van der Waals surface area contributed by atoms with E-state index in [2.05, 4.69) is 22.4 Å². The quantitative estimate of drug-likeness (QED) is 0.745. The number of nitrogens with zero attached hydrogens (tertiary/aromatic N) is 2. The van der Waals surface area contributed by atoms with Gasteiger partial charge in [-0.2, -0.15) is 0 Å². The van der Waals surface area contributed by atoms with Crippen LogP contribution in [-0.4, -0.2) is 37.0 Å². The molecule has 1 aromatic heterocycles. The van der Waals surface area contributed by atoms with Crippen molar-refractivity contribution in [3.63, 3.8) is 0 Å². The summed E-state index contributed by atoms with van der Waals surface area (Å²) < 4.78 is 5.01. The minimum atomic E-state index is 0.347. The SMILES string of the molecule is CCC1(c2nnc(CCNCCOC)s2)CCCC1. The number of ether oxygens (including phenoxy) is 1. The Balaban J connectivity index is 1.84. The molecular weight excluding hydrogens is 258 g/mol. The van der Waals surface area contributed by atoms with Crippen molar-refractivity contribution < 1.29 is 4.74 Å². The topological polar surface area (TPSA) is 47.0 Å². The number of rotatable bonds is 8. The maximum Gasteiger partial charge on any atom is 0.123 e. The zero-order chi connectivity index (χ0) is 13.6. The van der Waals surface area contributed by atoms with Crippen molar-refractivity contribution in [2.75, 3.05) is 26.8 Å². The molecule has 4 nitrogen and oxygen atoms in total. The Morgan fingerprint density at radius 1 is 1.26 bits per heavy atom. The van der Waals surface area contributed by atoms with Gasteiger partial charge in [0.05, 0.1) is 6.61 Å². The second-order valence-electron chi connectivity index (χ2n) is 5.33. The molecule has 1 saturated carbocycles. The molecule has 2 rings (SSSR count). The van der Waals surface area contributed by atoms with E-state index in [0.717, 1.165) is 26.1 Å². The lowest BCUT2D eigenvalue weighted by Gasteiger charge is -2.23. The third-order valence-electron chi connectivity index (χ3n) is 4.16. The van der Waals surface area contributed by atoms with Gasteiger partial charge in [0.1, 0.15) is 10.0 Å². The van der Waals surface area contributed by atoms with Crippen molar-refractivity contribution in [1.29, 1.82) is 0 Å². The Labute approximate surface area is 120 Å². The van der Waals surface area contributed by atoms with Crippen molar-refractivity contribution >= 4 is 11.3 Å². The molecule has 0 atom stereocenters. The summed E-state index contributed by atoms with van der Waals surface area (Å²) >= 11 is 1.82. The maximum atomic E-state index is 5.01. The molecule has 0 amide bonds. The molecule has 1 aliphatic rings. The van der Waals surface area contributed by atoms with Crippen LogP contribution in [0.15, 0.2) is 0 Å². The molecule has 0 unspecified atom stereocenters. The summed E-state index contributed by atoms with van der Waals surface area (Å²) in [5.74, 6) is 0. The Morgan fingerprint density at radius 3 is 2.74 bits per heavy atom. The zero-order valence-corrected chi connectivity index (χ0v) is 12.9. The largest absolute Gasteiger partial charge is 0.383 e. The molecule has 1 N–H and O–H groups in total. The van der Waals surface area contributed by atoms with Gasteiger partial charge in [-0.15, -0.1) is 21.5 Å². The normalized spacial score (nSPS) is 18.0. The van der Waals surface area contributed by atoms with Crippen molar-refractivity contribution in [1.82, 2.24) is 15.5 Å². The van der Waals surface area contributed by atoms with Crippen LogP contribution in [0, 0.1) is 0 Å². The Bertz CT molecular complexity index is 375. The van der Waals surface area contributed by atoms with Crippen LogP contribution in [0.5, 0.6) is 0 Å². The van der Waals surface area contributed by atoms with Crippen molar-refractivity contribution in [2.45, 2.75) is 50.9 Å². The van der Waals surface area contributed by atoms with Crippen molar-refractivity contribution in [3.05, 3.63) is 10.0 Å². The van der Waals surface area contributed by atoms with E-state index in [1.165, 1.54) is 42.1 Å². The first-order valence-corrected chi connectivity index (χ1v) is 8.15. The Hall–Kier alpha value is -0.520. The molecule has 0 spiro atoms. The van der Waals surface area contributed by atoms with E-state index in [-0.39, 0.29) is 0 Å². The number of nitrogens with one attached hydrogen (secondary N) is 1. The third-order valence-corrected chi connectivity index (χ3v) is 5.39. The molecular formula is C14H25N3OS. The van der Waals surface area contributed by atoms with Crippen LogP contribution < -0.4 is 5.32 Å². The number of hydrogen-bond acceptors (Lipinski definition) is 5. The highest BCUT2D eigenvalue weighted by atomic mass is 32.1. The van der Waals surface area contributed by atoms with Gasteiger partial charge in [0, 0.05) is 32.0 Å². The van der Waals surface area contributed by atoms with Gasteiger partial charge in [0.15, 0.2) is 0 Å². The average Bonchev–Trinajstić information content (AvgIpc) is 3.08. The molecule has 0 saturated heterocycles. The third kappa shape index (κ3) is 3.74. The number of methoxy groups -OCH3 is 1. The monoisotopic (exact) mass is 283 g/mol.